The highest BCUT2D eigenvalue weighted by molar-refractivity contribution is 5.92. The molecule has 1 aromatic heterocycles. The van der Waals surface area contributed by atoms with Gasteiger partial charge in [-0.2, -0.15) is 4.98 Å². The summed E-state index contributed by atoms with van der Waals surface area (Å²) in [7, 11) is 2.75. The third-order valence-corrected chi connectivity index (χ3v) is 4.60. The predicted molar refractivity (Wildman–Crippen MR) is 102 cm³/mol. The maximum Gasteiger partial charge on any atom is 0.573 e. The highest BCUT2D eigenvalue weighted by atomic mass is 19.4. The summed E-state index contributed by atoms with van der Waals surface area (Å²) in [6, 6.07) is 3.32. The minimum atomic E-state index is -5.03. The van der Waals surface area contributed by atoms with Crippen LogP contribution in [0, 0.1) is 5.82 Å². The van der Waals surface area contributed by atoms with Gasteiger partial charge in [0.1, 0.15) is 11.8 Å². The van der Waals surface area contributed by atoms with Crippen molar-refractivity contribution in [2.75, 3.05) is 27.4 Å². The fourth-order valence-electron chi connectivity index (χ4n) is 3.15. The molecule has 1 amide bonds. The zero-order valence-corrected chi connectivity index (χ0v) is 17.2. The van der Waals surface area contributed by atoms with E-state index >= 15 is 0 Å². The lowest BCUT2D eigenvalue weighted by Gasteiger charge is -2.20. The fraction of sp³-hybridized carbons (Fsp3) is 0.450. The SMILES string of the molecule is COC[C@@H](NC(=O)c1cc(OC)nc(C2CCCO2)n1)c1ccc(OC(F)(F)F)c(F)c1. The number of methoxy groups -OCH3 is 2. The van der Waals surface area contributed by atoms with E-state index in [1.54, 1.807) is 0 Å². The monoisotopic (exact) mass is 459 g/mol. The second-order valence-corrected chi connectivity index (χ2v) is 6.87. The van der Waals surface area contributed by atoms with E-state index in [0.717, 1.165) is 18.6 Å². The Labute approximate surface area is 180 Å². The van der Waals surface area contributed by atoms with Crippen molar-refractivity contribution in [1.29, 1.82) is 0 Å². The van der Waals surface area contributed by atoms with E-state index in [4.69, 9.17) is 14.2 Å². The molecular formula is C20H21F4N3O5. The molecule has 0 aliphatic carbocycles. The van der Waals surface area contributed by atoms with E-state index < -0.39 is 29.9 Å². The number of aromatic nitrogens is 2. The maximum absolute atomic E-state index is 14.1. The molecule has 0 spiro atoms. The van der Waals surface area contributed by atoms with Gasteiger partial charge in [-0.15, -0.1) is 13.2 Å². The Bertz CT molecular complexity index is 951. The second kappa shape index (κ2) is 10.1. The quantitative estimate of drug-likeness (QED) is 0.605. The van der Waals surface area contributed by atoms with Gasteiger partial charge in [0.05, 0.1) is 19.8 Å². The van der Waals surface area contributed by atoms with Gasteiger partial charge < -0.3 is 24.3 Å². The highest BCUT2D eigenvalue weighted by Crippen LogP contribution is 2.29. The fourth-order valence-corrected chi connectivity index (χ4v) is 3.15. The number of halogens is 4. The summed E-state index contributed by atoms with van der Waals surface area (Å²) in [6.45, 7) is 0.480. The molecule has 8 nitrogen and oxygen atoms in total. The van der Waals surface area contributed by atoms with Gasteiger partial charge in [-0.25, -0.2) is 9.37 Å². The molecule has 1 aromatic carbocycles. The molecule has 2 heterocycles. The van der Waals surface area contributed by atoms with Gasteiger partial charge in [-0.05, 0) is 30.5 Å². The van der Waals surface area contributed by atoms with E-state index in [1.807, 2.05) is 0 Å². The number of hydrogen-bond donors (Lipinski definition) is 1. The summed E-state index contributed by atoms with van der Waals surface area (Å²) < 4.78 is 70.6. The molecule has 1 aliphatic heterocycles. The molecule has 1 saturated heterocycles. The normalized spacial score (nSPS) is 17.1. The molecular weight excluding hydrogens is 438 g/mol. The van der Waals surface area contributed by atoms with Gasteiger partial charge in [-0.3, -0.25) is 4.79 Å². The summed E-state index contributed by atoms with van der Waals surface area (Å²) in [5.74, 6) is -2.39. The van der Waals surface area contributed by atoms with Gasteiger partial charge in [-0.1, -0.05) is 6.07 Å². The predicted octanol–water partition coefficient (Wildman–Crippen LogP) is 3.49. The maximum atomic E-state index is 14.1. The van der Waals surface area contributed by atoms with E-state index in [0.29, 0.717) is 18.9 Å². The van der Waals surface area contributed by atoms with Gasteiger partial charge in [0.25, 0.3) is 5.91 Å². The lowest BCUT2D eigenvalue weighted by Crippen LogP contribution is -2.32. The van der Waals surface area contributed by atoms with Crippen molar-refractivity contribution in [3.8, 4) is 11.6 Å². The summed E-state index contributed by atoms with van der Waals surface area (Å²) in [5.41, 5.74) is 0.161. The minimum Gasteiger partial charge on any atom is -0.481 e. The standard InChI is InChI=1S/C20H21F4N3O5/c1-29-10-14(11-5-6-15(12(21)8-11)32-20(22,23)24)26-19(28)13-9-17(30-2)27-18(25-13)16-4-3-7-31-16/h5-6,8-9,14,16H,3-4,7,10H2,1-2H3,(H,26,28)/t14-,16?/m1/s1. The number of hydrogen-bond acceptors (Lipinski definition) is 7. The van der Waals surface area contributed by atoms with E-state index in [1.165, 1.54) is 26.4 Å². The van der Waals surface area contributed by atoms with E-state index in [2.05, 4.69) is 20.0 Å². The van der Waals surface area contributed by atoms with Crippen molar-refractivity contribution in [1.82, 2.24) is 15.3 Å². The zero-order valence-electron chi connectivity index (χ0n) is 17.2. The Hall–Kier alpha value is -2.99. The molecule has 32 heavy (non-hydrogen) atoms. The Morgan fingerprint density at radius 3 is 2.66 bits per heavy atom. The van der Waals surface area contributed by atoms with Gasteiger partial charge in [0.15, 0.2) is 17.4 Å². The van der Waals surface area contributed by atoms with Crippen LogP contribution in [-0.4, -0.2) is 49.7 Å². The summed E-state index contributed by atoms with van der Waals surface area (Å²) in [6.07, 6.45) is -3.86. The van der Waals surface area contributed by atoms with Gasteiger partial charge in [0.2, 0.25) is 5.88 Å². The number of amides is 1. The molecule has 12 heteroatoms. The number of nitrogens with one attached hydrogen (secondary N) is 1. The molecule has 2 atom stereocenters. The number of carbonyl (C=O) groups excluding carboxylic acids is 1. The van der Waals surface area contributed by atoms with Crippen LogP contribution in [0.15, 0.2) is 24.3 Å². The van der Waals surface area contributed by atoms with Crippen LogP contribution >= 0.6 is 0 Å². The Morgan fingerprint density at radius 2 is 2.06 bits per heavy atom. The number of rotatable bonds is 8. The van der Waals surface area contributed by atoms with Crippen LogP contribution in [0.1, 0.15) is 46.9 Å². The van der Waals surface area contributed by atoms with Gasteiger partial charge in [0, 0.05) is 19.8 Å². The molecule has 1 aliphatic rings. The summed E-state index contributed by atoms with van der Waals surface area (Å²) in [5, 5.41) is 2.63. The molecule has 1 unspecified atom stereocenters. The van der Waals surface area contributed by atoms with Gasteiger partial charge >= 0.3 is 6.36 Å². The first-order valence-electron chi connectivity index (χ1n) is 9.59. The molecule has 0 saturated carbocycles. The highest BCUT2D eigenvalue weighted by Gasteiger charge is 2.32. The first kappa shape index (κ1) is 23.7. The lowest BCUT2D eigenvalue weighted by molar-refractivity contribution is -0.275. The van der Waals surface area contributed by atoms with Crippen LogP contribution in [0.2, 0.25) is 0 Å². The van der Waals surface area contributed by atoms with Crippen LogP contribution in [-0.2, 0) is 9.47 Å². The van der Waals surface area contributed by atoms with Crippen molar-refractivity contribution < 1.29 is 41.3 Å². The van der Waals surface area contributed by atoms with Crippen LogP contribution in [0.5, 0.6) is 11.6 Å². The zero-order chi connectivity index (χ0) is 23.3. The Balaban J connectivity index is 1.82. The molecule has 3 rings (SSSR count). The van der Waals surface area contributed by atoms with Crippen molar-refractivity contribution >= 4 is 5.91 Å². The number of alkyl halides is 3. The average Bonchev–Trinajstić information content (AvgIpc) is 3.28. The lowest BCUT2D eigenvalue weighted by atomic mass is 10.1. The van der Waals surface area contributed by atoms with Crippen molar-refractivity contribution in [3.05, 3.63) is 47.2 Å². The van der Waals surface area contributed by atoms with Crippen LogP contribution in [0.4, 0.5) is 17.6 Å². The van der Waals surface area contributed by atoms with Crippen molar-refractivity contribution in [3.63, 3.8) is 0 Å². The Kier molecular flexibility index (Phi) is 7.46. The number of ether oxygens (including phenoxy) is 4. The first-order valence-corrected chi connectivity index (χ1v) is 9.59. The van der Waals surface area contributed by atoms with E-state index in [9.17, 15) is 22.4 Å². The number of nitrogens with zero attached hydrogens (tertiary/aromatic N) is 2. The molecule has 174 valence electrons. The smallest absolute Gasteiger partial charge is 0.481 e. The van der Waals surface area contributed by atoms with Crippen molar-refractivity contribution in [2.45, 2.75) is 31.3 Å². The van der Waals surface area contributed by atoms with Crippen LogP contribution < -0.4 is 14.8 Å². The second-order valence-electron chi connectivity index (χ2n) is 6.87. The molecule has 1 fully saturated rings. The molecule has 0 bridgehead atoms. The number of carbonyl (C=O) groups is 1. The average molecular weight is 459 g/mol. The van der Waals surface area contributed by atoms with Crippen LogP contribution in [0.3, 0.4) is 0 Å². The summed E-state index contributed by atoms with van der Waals surface area (Å²) in [4.78, 5) is 21.3. The van der Waals surface area contributed by atoms with E-state index in [-0.39, 0.29) is 29.8 Å². The Morgan fingerprint density at radius 1 is 1.28 bits per heavy atom. The molecule has 0 radical (unpaired) electrons. The third-order valence-electron chi connectivity index (χ3n) is 4.60. The molecule has 2 aromatic rings. The van der Waals surface area contributed by atoms with Crippen molar-refractivity contribution in [2.24, 2.45) is 0 Å². The first-order chi connectivity index (χ1) is 15.2. The topological polar surface area (TPSA) is 91.8 Å². The van der Waals surface area contributed by atoms with Crippen LogP contribution in [0.25, 0.3) is 0 Å². The summed E-state index contributed by atoms with van der Waals surface area (Å²) >= 11 is 0. The largest absolute Gasteiger partial charge is 0.573 e. The molecule has 1 N–H and O–H groups in total. The third kappa shape index (κ3) is 6.04. The number of benzene rings is 1. The minimum absolute atomic E-state index is 0.0130.